The van der Waals surface area contributed by atoms with Crippen LogP contribution in [0.15, 0.2) is 4.52 Å². The number of nitrogens with two attached hydrogens (primary N) is 1. The van der Waals surface area contributed by atoms with Crippen molar-refractivity contribution in [1.29, 1.82) is 0 Å². The van der Waals surface area contributed by atoms with Gasteiger partial charge in [-0.1, -0.05) is 6.42 Å². The molecule has 2 rings (SSSR count). The van der Waals surface area contributed by atoms with E-state index in [1.807, 2.05) is 0 Å². The van der Waals surface area contributed by atoms with Gasteiger partial charge >= 0.3 is 5.97 Å². The molecule has 1 fully saturated rings. The Morgan fingerprint density at radius 1 is 1.57 bits per heavy atom. The summed E-state index contributed by atoms with van der Waals surface area (Å²) in [6.07, 6.45) is 2.84. The number of carboxylic acids is 1. The van der Waals surface area contributed by atoms with Gasteiger partial charge in [0.05, 0.1) is 5.92 Å². The Morgan fingerprint density at radius 2 is 2.36 bits per heavy atom. The molecule has 0 amide bonds. The van der Waals surface area contributed by atoms with Gasteiger partial charge in [-0.15, -0.1) is 0 Å². The molecule has 0 aliphatic heterocycles. The summed E-state index contributed by atoms with van der Waals surface area (Å²) in [6.45, 7) is 0. The maximum Gasteiger partial charge on any atom is 0.377 e. The first kappa shape index (κ1) is 9.14. The molecule has 1 aromatic rings. The molecule has 14 heavy (non-hydrogen) atoms. The standard InChI is InChI=1S/C8H11N3O3/c9-5-3-1-2-4(5)7-10-6(8(12)13)11-14-7/h4-5H,1-3,9H2,(H,12,13). The van der Waals surface area contributed by atoms with Crippen LogP contribution in [-0.2, 0) is 0 Å². The Balaban J connectivity index is 2.20. The first-order valence-corrected chi connectivity index (χ1v) is 4.51. The van der Waals surface area contributed by atoms with E-state index in [-0.39, 0.29) is 17.8 Å². The third-order valence-corrected chi connectivity index (χ3v) is 2.52. The molecule has 1 aromatic heterocycles. The van der Waals surface area contributed by atoms with Crippen LogP contribution in [0.3, 0.4) is 0 Å². The summed E-state index contributed by atoms with van der Waals surface area (Å²) in [5, 5.41) is 11.9. The van der Waals surface area contributed by atoms with E-state index in [1.165, 1.54) is 0 Å². The molecule has 3 N–H and O–H groups in total. The minimum absolute atomic E-state index is 0.0112. The van der Waals surface area contributed by atoms with Crippen molar-refractivity contribution < 1.29 is 14.4 Å². The van der Waals surface area contributed by atoms with Crippen LogP contribution in [0.1, 0.15) is 41.7 Å². The molecule has 0 radical (unpaired) electrons. The van der Waals surface area contributed by atoms with Gasteiger partial charge in [0.15, 0.2) is 0 Å². The van der Waals surface area contributed by atoms with Crippen LogP contribution in [0.25, 0.3) is 0 Å². The number of carboxylic acid groups (broad SMARTS) is 1. The zero-order valence-corrected chi connectivity index (χ0v) is 7.51. The smallest absolute Gasteiger partial charge is 0.377 e. The minimum atomic E-state index is -1.17. The molecule has 1 aliphatic rings. The Bertz CT molecular complexity index is 349. The normalized spacial score (nSPS) is 26.6. The SMILES string of the molecule is NC1CCCC1c1nc(C(=O)O)no1. The summed E-state index contributed by atoms with van der Waals surface area (Å²) in [5.74, 6) is -1.09. The maximum absolute atomic E-state index is 10.5. The van der Waals surface area contributed by atoms with E-state index in [0.717, 1.165) is 19.3 Å². The molecular formula is C8H11N3O3. The van der Waals surface area contributed by atoms with Gasteiger partial charge in [0, 0.05) is 6.04 Å². The van der Waals surface area contributed by atoms with Gasteiger partial charge in [-0.25, -0.2) is 4.79 Å². The highest BCUT2D eigenvalue weighted by Crippen LogP contribution is 2.32. The van der Waals surface area contributed by atoms with Gasteiger partial charge in [-0.05, 0) is 18.0 Å². The van der Waals surface area contributed by atoms with Crippen LogP contribution in [0.2, 0.25) is 0 Å². The van der Waals surface area contributed by atoms with Gasteiger partial charge in [0.25, 0.3) is 5.82 Å². The predicted molar refractivity (Wildman–Crippen MR) is 45.8 cm³/mol. The van der Waals surface area contributed by atoms with Crippen molar-refractivity contribution >= 4 is 5.97 Å². The van der Waals surface area contributed by atoms with Crippen molar-refractivity contribution in [3.63, 3.8) is 0 Å². The first-order chi connectivity index (χ1) is 6.68. The van der Waals surface area contributed by atoms with Gasteiger partial charge in [-0.2, -0.15) is 4.98 Å². The Hall–Kier alpha value is -1.43. The molecule has 0 aromatic carbocycles. The summed E-state index contributed by atoms with van der Waals surface area (Å²) in [5.41, 5.74) is 5.82. The van der Waals surface area contributed by atoms with Crippen molar-refractivity contribution in [1.82, 2.24) is 10.1 Å². The summed E-state index contributed by atoms with van der Waals surface area (Å²) in [4.78, 5) is 14.3. The highest BCUT2D eigenvalue weighted by Gasteiger charge is 2.30. The summed E-state index contributed by atoms with van der Waals surface area (Å²) >= 11 is 0. The van der Waals surface area contributed by atoms with Crippen LogP contribution in [-0.4, -0.2) is 27.3 Å². The second-order valence-corrected chi connectivity index (χ2v) is 3.46. The van der Waals surface area contributed by atoms with Crippen LogP contribution in [0.4, 0.5) is 0 Å². The first-order valence-electron chi connectivity index (χ1n) is 4.51. The monoisotopic (exact) mass is 197 g/mol. The molecule has 0 bridgehead atoms. The molecule has 2 unspecified atom stereocenters. The Labute approximate surface area is 80.1 Å². The highest BCUT2D eigenvalue weighted by atomic mass is 16.5. The second kappa shape index (κ2) is 3.38. The lowest BCUT2D eigenvalue weighted by Gasteiger charge is -2.08. The van der Waals surface area contributed by atoms with Gasteiger partial charge in [-0.3, -0.25) is 0 Å². The molecule has 1 aliphatic carbocycles. The zero-order valence-electron chi connectivity index (χ0n) is 7.51. The van der Waals surface area contributed by atoms with Crippen LogP contribution in [0.5, 0.6) is 0 Å². The fraction of sp³-hybridized carbons (Fsp3) is 0.625. The number of rotatable bonds is 2. The van der Waals surface area contributed by atoms with E-state index < -0.39 is 5.97 Å². The van der Waals surface area contributed by atoms with E-state index in [2.05, 4.69) is 10.1 Å². The summed E-state index contributed by atoms with van der Waals surface area (Å²) in [6, 6.07) is 0.0112. The van der Waals surface area contributed by atoms with E-state index in [1.54, 1.807) is 0 Å². The molecule has 6 nitrogen and oxygen atoms in total. The number of carbonyl (C=O) groups is 1. The number of aromatic nitrogens is 2. The van der Waals surface area contributed by atoms with Crippen LogP contribution < -0.4 is 5.73 Å². The lowest BCUT2D eigenvalue weighted by atomic mass is 10.1. The lowest BCUT2D eigenvalue weighted by molar-refractivity contribution is 0.0680. The third kappa shape index (κ3) is 1.48. The number of aromatic carboxylic acids is 1. The maximum atomic E-state index is 10.5. The average molecular weight is 197 g/mol. The van der Waals surface area contributed by atoms with Crippen molar-refractivity contribution in [2.24, 2.45) is 5.73 Å². The molecular weight excluding hydrogens is 186 g/mol. The van der Waals surface area contributed by atoms with E-state index in [9.17, 15) is 4.79 Å². The van der Waals surface area contributed by atoms with Gasteiger partial charge in [0.2, 0.25) is 5.89 Å². The molecule has 0 saturated heterocycles. The highest BCUT2D eigenvalue weighted by molar-refractivity contribution is 5.82. The quantitative estimate of drug-likeness (QED) is 0.709. The lowest BCUT2D eigenvalue weighted by Crippen LogP contribution is -2.23. The molecule has 2 atom stereocenters. The van der Waals surface area contributed by atoms with Crippen molar-refractivity contribution in [3.05, 3.63) is 11.7 Å². The minimum Gasteiger partial charge on any atom is -0.475 e. The molecule has 76 valence electrons. The molecule has 6 heteroatoms. The van der Waals surface area contributed by atoms with Crippen molar-refractivity contribution in [2.75, 3.05) is 0 Å². The third-order valence-electron chi connectivity index (χ3n) is 2.52. The fourth-order valence-electron chi connectivity index (χ4n) is 1.77. The molecule has 1 heterocycles. The van der Waals surface area contributed by atoms with Crippen LogP contribution >= 0.6 is 0 Å². The Kier molecular flexibility index (Phi) is 2.20. The summed E-state index contributed by atoms with van der Waals surface area (Å²) < 4.78 is 4.86. The zero-order chi connectivity index (χ0) is 10.1. The van der Waals surface area contributed by atoms with Gasteiger partial charge < -0.3 is 15.4 Å². The largest absolute Gasteiger partial charge is 0.475 e. The van der Waals surface area contributed by atoms with E-state index >= 15 is 0 Å². The predicted octanol–water partition coefficient (Wildman–Crippen LogP) is 0.363. The number of nitrogens with zero attached hydrogens (tertiary/aromatic N) is 2. The Morgan fingerprint density at radius 3 is 2.86 bits per heavy atom. The van der Waals surface area contributed by atoms with E-state index in [4.69, 9.17) is 15.4 Å². The van der Waals surface area contributed by atoms with Crippen molar-refractivity contribution in [3.8, 4) is 0 Å². The van der Waals surface area contributed by atoms with Crippen molar-refractivity contribution in [2.45, 2.75) is 31.2 Å². The van der Waals surface area contributed by atoms with Crippen LogP contribution in [0, 0.1) is 0 Å². The summed E-state index contributed by atoms with van der Waals surface area (Å²) in [7, 11) is 0. The average Bonchev–Trinajstić information content (AvgIpc) is 2.71. The number of hydrogen-bond donors (Lipinski definition) is 2. The van der Waals surface area contributed by atoms with Gasteiger partial charge in [0.1, 0.15) is 0 Å². The topological polar surface area (TPSA) is 102 Å². The molecule has 1 saturated carbocycles. The fourth-order valence-corrected chi connectivity index (χ4v) is 1.77. The molecule has 0 spiro atoms. The number of hydrogen-bond acceptors (Lipinski definition) is 5. The van der Waals surface area contributed by atoms with E-state index in [0.29, 0.717) is 5.89 Å². The second-order valence-electron chi connectivity index (χ2n) is 3.46.